The summed E-state index contributed by atoms with van der Waals surface area (Å²) in [6, 6.07) is 13.2. The fraction of sp³-hybridized carbons (Fsp3) is 0.286. The minimum atomic E-state index is -0.284. The molecule has 28 heavy (non-hydrogen) atoms. The molecule has 0 bridgehead atoms. The number of hydrogen-bond donors (Lipinski definition) is 1. The molecule has 0 aliphatic carbocycles. The highest BCUT2D eigenvalue weighted by atomic mass is 35.5. The number of rotatable bonds is 8. The Morgan fingerprint density at radius 1 is 1.21 bits per heavy atom. The highest BCUT2D eigenvalue weighted by molar-refractivity contribution is 6.33. The molecule has 1 amide bonds. The van der Waals surface area contributed by atoms with Gasteiger partial charge in [0.25, 0.3) is 5.91 Å². The number of halogens is 1. The lowest BCUT2D eigenvalue weighted by Crippen LogP contribution is -2.24. The van der Waals surface area contributed by atoms with Crippen LogP contribution in [0, 0.1) is 6.92 Å². The predicted molar refractivity (Wildman–Crippen MR) is 109 cm³/mol. The summed E-state index contributed by atoms with van der Waals surface area (Å²) < 4.78 is 7.28. The molecular formula is C21H23ClN4O2. The van der Waals surface area contributed by atoms with Crippen molar-refractivity contribution in [1.29, 1.82) is 0 Å². The van der Waals surface area contributed by atoms with E-state index in [2.05, 4.69) is 22.3 Å². The van der Waals surface area contributed by atoms with E-state index < -0.39 is 0 Å². The molecule has 2 aromatic heterocycles. The zero-order valence-electron chi connectivity index (χ0n) is 16.0. The summed E-state index contributed by atoms with van der Waals surface area (Å²) in [6.45, 7) is 4.76. The van der Waals surface area contributed by atoms with E-state index in [0.29, 0.717) is 30.3 Å². The largest absolute Gasteiger partial charge is 0.477 e. The number of hydrogen-bond acceptors (Lipinski definition) is 4. The molecule has 0 saturated heterocycles. The number of aryl methyl sites for hydroxylation is 1. The third-order valence-corrected chi connectivity index (χ3v) is 4.61. The van der Waals surface area contributed by atoms with Crippen molar-refractivity contribution < 1.29 is 9.53 Å². The molecule has 0 aliphatic rings. The minimum absolute atomic E-state index is 0.284. The van der Waals surface area contributed by atoms with Crippen LogP contribution in [0.3, 0.4) is 0 Å². The number of benzene rings is 1. The number of para-hydroxylation sites is 1. The molecule has 0 saturated carbocycles. The summed E-state index contributed by atoms with van der Waals surface area (Å²) >= 11 is 6.46. The first-order chi connectivity index (χ1) is 13.6. The van der Waals surface area contributed by atoms with Crippen LogP contribution in [0.1, 0.15) is 41.4 Å². The van der Waals surface area contributed by atoms with Crippen molar-refractivity contribution in [2.24, 2.45) is 0 Å². The molecule has 1 aromatic carbocycles. The summed E-state index contributed by atoms with van der Waals surface area (Å²) in [7, 11) is 0. The molecule has 2 heterocycles. The second-order valence-electron chi connectivity index (χ2n) is 6.35. The number of amides is 1. The summed E-state index contributed by atoms with van der Waals surface area (Å²) in [6.07, 6.45) is 3.68. The van der Waals surface area contributed by atoms with Gasteiger partial charge in [-0.05, 0) is 31.5 Å². The van der Waals surface area contributed by atoms with Crippen LogP contribution in [0.25, 0.3) is 5.69 Å². The van der Waals surface area contributed by atoms with Gasteiger partial charge in [0.1, 0.15) is 5.15 Å². The number of nitrogens with zero attached hydrogens (tertiary/aromatic N) is 3. The van der Waals surface area contributed by atoms with E-state index in [-0.39, 0.29) is 11.1 Å². The fourth-order valence-electron chi connectivity index (χ4n) is 2.76. The van der Waals surface area contributed by atoms with Crippen LogP contribution < -0.4 is 10.1 Å². The first kappa shape index (κ1) is 19.9. The quantitative estimate of drug-likeness (QED) is 0.573. The molecule has 0 aliphatic heterocycles. The Morgan fingerprint density at radius 2 is 2.00 bits per heavy atom. The van der Waals surface area contributed by atoms with Crippen LogP contribution in [-0.4, -0.2) is 27.3 Å². The van der Waals surface area contributed by atoms with Gasteiger partial charge < -0.3 is 10.1 Å². The second kappa shape index (κ2) is 9.37. The number of carbonyl (C=O) groups is 1. The van der Waals surface area contributed by atoms with Crippen molar-refractivity contribution in [3.63, 3.8) is 0 Å². The van der Waals surface area contributed by atoms with Crippen molar-refractivity contribution in [2.75, 3.05) is 6.61 Å². The van der Waals surface area contributed by atoms with Gasteiger partial charge in [0, 0.05) is 18.3 Å². The molecule has 146 valence electrons. The number of pyridine rings is 1. The van der Waals surface area contributed by atoms with Gasteiger partial charge in [-0.15, -0.1) is 0 Å². The van der Waals surface area contributed by atoms with Gasteiger partial charge in [-0.2, -0.15) is 5.10 Å². The topological polar surface area (TPSA) is 69.0 Å². The maximum absolute atomic E-state index is 12.8. The molecule has 1 N–H and O–H groups in total. The predicted octanol–water partition coefficient (Wildman–Crippen LogP) is 4.34. The normalized spacial score (nSPS) is 10.7. The molecule has 0 radical (unpaired) electrons. The second-order valence-corrected chi connectivity index (χ2v) is 6.71. The zero-order chi connectivity index (χ0) is 19.9. The molecule has 0 fully saturated rings. The molecule has 0 atom stereocenters. The van der Waals surface area contributed by atoms with Gasteiger partial charge in [-0.1, -0.05) is 49.2 Å². The average molecular weight is 399 g/mol. The number of ether oxygens (including phenoxy) is 1. The van der Waals surface area contributed by atoms with E-state index in [9.17, 15) is 4.79 Å². The van der Waals surface area contributed by atoms with Crippen molar-refractivity contribution in [3.8, 4) is 11.6 Å². The molecular weight excluding hydrogens is 376 g/mol. The Kier molecular flexibility index (Phi) is 6.66. The highest BCUT2D eigenvalue weighted by Gasteiger charge is 2.21. The lowest BCUT2D eigenvalue weighted by atomic mass is 10.2. The number of carbonyl (C=O) groups excluding carboxylic acids is 1. The van der Waals surface area contributed by atoms with Crippen LogP contribution in [0.5, 0.6) is 5.88 Å². The fourth-order valence-corrected chi connectivity index (χ4v) is 3.12. The smallest absolute Gasteiger partial charge is 0.256 e. The van der Waals surface area contributed by atoms with Crippen molar-refractivity contribution in [1.82, 2.24) is 20.1 Å². The lowest BCUT2D eigenvalue weighted by Gasteiger charge is -2.11. The lowest BCUT2D eigenvalue weighted by molar-refractivity contribution is 0.0950. The van der Waals surface area contributed by atoms with Gasteiger partial charge in [0.2, 0.25) is 5.88 Å². The minimum Gasteiger partial charge on any atom is -0.477 e. The van der Waals surface area contributed by atoms with Gasteiger partial charge in [0.05, 0.1) is 23.6 Å². The Balaban J connectivity index is 1.74. The van der Waals surface area contributed by atoms with E-state index >= 15 is 0 Å². The van der Waals surface area contributed by atoms with Crippen LogP contribution in [0.4, 0.5) is 0 Å². The monoisotopic (exact) mass is 398 g/mol. The number of unbranched alkanes of at least 4 members (excludes halogenated alkanes) is 1. The summed E-state index contributed by atoms with van der Waals surface area (Å²) in [5, 5.41) is 7.59. The van der Waals surface area contributed by atoms with Crippen molar-refractivity contribution >= 4 is 17.5 Å². The van der Waals surface area contributed by atoms with Crippen molar-refractivity contribution in [2.45, 2.75) is 33.2 Å². The van der Waals surface area contributed by atoms with Gasteiger partial charge >= 0.3 is 0 Å². The average Bonchev–Trinajstić information content (AvgIpc) is 3.02. The summed E-state index contributed by atoms with van der Waals surface area (Å²) in [5.41, 5.74) is 2.55. The van der Waals surface area contributed by atoms with E-state index in [1.165, 1.54) is 0 Å². The van der Waals surface area contributed by atoms with Crippen molar-refractivity contribution in [3.05, 3.63) is 70.6 Å². The molecule has 3 aromatic rings. The van der Waals surface area contributed by atoms with Gasteiger partial charge in [0.15, 0.2) is 0 Å². The van der Waals surface area contributed by atoms with E-state index in [0.717, 1.165) is 24.1 Å². The first-order valence-corrected chi connectivity index (χ1v) is 9.65. The van der Waals surface area contributed by atoms with Crippen LogP contribution in [0.2, 0.25) is 5.15 Å². The third-order valence-electron chi connectivity index (χ3n) is 4.26. The number of nitrogens with one attached hydrogen (secondary N) is 1. The number of aromatic nitrogens is 3. The van der Waals surface area contributed by atoms with E-state index in [4.69, 9.17) is 16.3 Å². The van der Waals surface area contributed by atoms with Crippen LogP contribution in [0.15, 0.2) is 48.7 Å². The van der Waals surface area contributed by atoms with E-state index in [1.807, 2.05) is 42.5 Å². The maximum atomic E-state index is 12.8. The Hall–Kier alpha value is -2.86. The molecule has 7 heteroatoms. The molecule has 3 rings (SSSR count). The van der Waals surface area contributed by atoms with Crippen LogP contribution >= 0.6 is 11.6 Å². The summed E-state index contributed by atoms with van der Waals surface area (Å²) in [5.74, 6) is 0.257. The SMILES string of the molecule is CCCCOc1ncccc1CNC(=O)c1c(C)nn(-c2ccccc2)c1Cl. The Morgan fingerprint density at radius 3 is 2.75 bits per heavy atom. The summed E-state index contributed by atoms with van der Waals surface area (Å²) in [4.78, 5) is 17.0. The Labute approximate surface area is 169 Å². The standard InChI is InChI=1S/C21H23ClN4O2/c1-3-4-13-28-21-16(9-8-12-23-21)14-24-20(27)18-15(2)25-26(19(18)22)17-10-6-5-7-11-17/h5-12H,3-4,13-14H2,1-2H3,(H,24,27). The molecule has 0 spiro atoms. The Bertz CT molecular complexity index is 941. The maximum Gasteiger partial charge on any atom is 0.256 e. The molecule has 0 unspecified atom stereocenters. The van der Waals surface area contributed by atoms with Gasteiger partial charge in [-0.3, -0.25) is 4.79 Å². The van der Waals surface area contributed by atoms with Crippen LogP contribution in [-0.2, 0) is 6.54 Å². The zero-order valence-corrected chi connectivity index (χ0v) is 16.7. The third kappa shape index (κ3) is 4.51. The highest BCUT2D eigenvalue weighted by Crippen LogP contribution is 2.24. The first-order valence-electron chi connectivity index (χ1n) is 9.27. The van der Waals surface area contributed by atoms with Gasteiger partial charge in [-0.25, -0.2) is 9.67 Å². The van der Waals surface area contributed by atoms with E-state index in [1.54, 1.807) is 17.8 Å². The molecule has 6 nitrogen and oxygen atoms in total.